The van der Waals surface area contributed by atoms with E-state index >= 15 is 0 Å². The molecule has 0 aliphatic carbocycles. The SMILES string of the molecule is C=C(C)C(=O)NC(=O)OCCOc1ccc(-c2ccccc2)cc1. The number of alkyl carbamates (subject to hydrolysis) is 1. The maximum absolute atomic E-state index is 11.3. The standard InChI is InChI=1S/C19H19NO4/c1-14(2)18(21)20-19(22)24-13-12-23-17-10-8-16(9-11-17)15-6-4-3-5-7-15/h3-11H,1,12-13H2,2H3,(H,20,21,22). The second-order valence-corrected chi connectivity index (χ2v) is 5.11. The number of hydrogen-bond donors (Lipinski definition) is 1. The van der Waals surface area contributed by atoms with Crippen LogP contribution in [0.15, 0.2) is 66.7 Å². The van der Waals surface area contributed by atoms with Gasteiger partial charge in [0.25, 0.3) is 5.91 Å². The van der Waals surface area contributed by atoms with Crippen molar-refractivity contribution in [2.75, 3.05) is 13.2 Å². The molecular weight excluding hydrogens is 306 g/mol. The minimum Gasteiger partial charge on any atom is -0.490 e. The van der Waals surface area contributed by atoms with Crippen LogP contribution in [-0.2, 0) is 9.53 Å². The highest BCUT2D eigenvalue weighted by molar-refractivity contribution is 6.01. The van der Waals surface area contributed by atoms with Crippen molar-refractivity contribution in [1.29, 1.82) is 0 Å². The number of carbonyl (C=O) groups is 2. The summed E-state index contributed by atoms with van der Waals surface area (Å²) in [5.41, 5.74) is 2.46. The summed E-state index contributed by atoms with van der Waals surface area (Å²) in [6.07, 6.45) is -0.814. The molecule has 0 aromatic heterocycles. The van der Waals surface area contributed by atoms with Crippen molar-refractivity contribution < 1.29 is 19.1 Å². The lowest BCUT2D eigenvalue weighted by Gasteiger charge is -2.09. The predicted molar refractivity (Wildman–Crippen MR) is 91.7 cm³/mol. The van der Waals surface area contributed by atoms with Crippen LogP contribution >= 0.6 is 0 Å². The highest BCUT2D eigenvalue weighted by Gasteiger charge is 2.08. The van der Waals surface area contributed by atoms with Gasteiger partial charge in [-0.05, 0) is 30.2 Å². The van der Waals surface area contributed by atoms with Gasteiger partial charge in [-0.1, -0.05) is 49.0 Å². The topological polar surface area (TPSA) is 64.6 Å². The molecule has 1 N–H and O–H groups in total. The van der Waals surface area contributed by atoms with Crippen molar-refractivity contribution in [3.05, 3.63) is 66.7 Å². The van der Waals surface area contributed by atoms with Gasteiger partial charge < -0.3 is 9.47 Å². The molecule has 0 atom stereocenters. The molecule has 2 amide bonds. The molecule has 5 nitrogen and oxygen atoms in total. The summed E-state index contributed by atoms with van der Waals surface area (Å²) in [4.78, 5) is 22.5. The smallest absolute Gasteiger partial charge is 0.414 e. The van der Waals surface area contributed by atoms with E-state index in [1.165, 1.54) is 6.92 Å². The van der Waals surface area contributed by atoms with Crippen molar-refractivity contribution in [1.82, 2.24) is 5.32 Å². The highest BCUT2D eigenvalue weighted by Crippen LogP contribution is 2.21. The maximum atomic E-state index is 11.3. The maximum Gasteiger partial charge on any atom is 0.414 e. The number of benzene rings is 2. The number of imide groups is 1. The van der Waals surface area contributed by atoms with Crippen LogP contribution in [0.5, 0.6) is 5.75 Å². The summed E-state index contributed by atoms with van der Waals surface area (Å²) in [7, 11) is 0. The summed E-state index contributed by atoms with van der Waals surface area (Å²) in [5.74, 6) is 0.120. The Bertz CT molecular complexity index is 708. The van der Waals surface area contributed by atoms with Crippen molar-refractivity contribution in [2.24, 2.45) is 0 Å². The summed E-state index contributed by atoms with van der Waals surface area (Å²) in [6.45, 7) is 5.16. The van der Waals surface area contributed by atoms with Gasteiger partial charge in [-0.2, -0.15) is 0 Å². The molecule has 0 heterocycles. The fraction of sp³-hybridized carbons (Fsp3) is 0.158. The third-order valence-corrected chi connectivity index (χ3v) is 3.15. The first-order chi connectivity index (χ1) is 11.6. The Hall–Kier alpha value is -3.08. The molecule has 0 spiro atoms. The van der Waals surface area contributed by atoms with E-state index in [0.717, 1.165) is 11.1 Å². The van der Waals surface area contributed by atoms with Crippen LogP contribution in [0.4, 0.5) is 4.79 Å². The molecule has 0 radical (unpaired) electrons. The van der Waals surface area contributed by atoms with E-state index in [0.29, 0.717) is 5.75 Å². The first kappa shape index (κ1) is 17.3. The molecule has 0 saturated heterocycles. The summed E-state index contributed by atoms with van der Waals surface area (Å²) in [6, 6.07) is 17.7. The molecule has 2 rings (SSSR count). The Balaban J connectivity index is 1.74. The van der Waals surface area contributed by atoms with Crippen LogP contribution in [0.1, 0.15) is 6.92 Å². The average molecular weight is 325 g/mol. The number of amides is 2. The second kappa shape index (κ2) is 8.53. The summed E-state index contributed by atoms with van der Waals surface area (Å²) < 4.78 is 10.3. The first-order valence-corrected chi connectivity index (χ1v) is 7.48. The Morgan fingerprint density at radius 2 is 1.58 bits per heavy atom. The molecule has 0 fully saturated rings. The second-order valence-electron chi connectivity index (χ2n) is 5.11. The van der Waals surface area contributed by atoms with Crippen LogP contribution < -0.4 is 10.1 Å². The van der Waals surface area contributed by atoms with Gasteiger partial charge in [0.05, 0.1) is 0 Å². The van der Waals surface area contributed by atoms with E-state index in [1.54, 1.807) is 0 Å². The number of ether oxygens (including phenoxy) is 2. The highest BCUT2D eigenvalue weighted by atomic mass is 16.6. The monoisotopic (exact) mass is 325 g/mol. The van der Waals surface area contributed by atoms with Gasteiger partial charge in [-0.25, -0.2) is 4.79 Å². The fourth-order valence-electron chi connectivity index (χ4n) is 1.90. The molecule has 2 aromatic rings. The van der Waals surface area contributed by atoms with Gasteiger partial charge in [0.15, 0.2) is 0 Å². The molecule has 2 aromatic carbocycles. The largest absolute Gasteiger partial charge is 0.490 e. The van der Waals surface area contributed by atoms with Crippen molar-refractivity contribution in [3.63, 3.8) is 0 Å². The van der Waals surface area contributed by atoms with Crippen molar-refractivity contribution in [2.45, 2.75) is 6.92 Å². The summed E-state index contributed by atoms with van der Waals surface area (Å²) >= 11 is 0. The van der Waals surface area contributed by atoms with E-state index in [2.05, 4.69) is 6.58 Å². The Morgan fingerprint density at radius 3 is 2.21 bits per heavy atom. The molecule has 0 saturated carbocycles. The van der Waals surface area contributed by atoms with Crippen molar-refractivity contribution >= 4 is 12.0 Å². The zero-order valence-electron chi connectivity index (χ0n) is 13.5. The van der Waals surface area contributed by atoms with Gasteiger partial charge in [0, 0.05) is 5.57 Å². The van der Waals surface area contributed by atoms with Gasteiger partial charge in [-0.3, -0.25) is 10.1 Å². The molecule has 0 unspecified atom stereocenters. The van der Waals surface area contributed by atoms with Crippen LogP contribution in [0, 0.1) is 0 Å². The molecule has 0 bridgehead atoms. The van der Waals surface area contributed by atoms with Crippen LogP contribution in [0.25, 0.3) is 11.1 Å². The van der Waals surface area contributed by atoms with Crippen LogP contribution in [-0.4, -0.2) is 25.2 Å². The minimum absolute atomic E-state index is 0.0374. The number of rotatable bonds is 6. The lowest BCUT2D eigenvalue weighted by atomic mass is 10.1. The molecule has 0 aliphatic heterocycles. The van der Waals surface area contributed by atoms with Gasteiger partial charge in [0.1, 0.15) is 19.0 Å². The predicted octanol–water partition coefficient (Wildman–Crippen LogP) is 3.56. The quantitative estimate of drug-likeness (QED) is 0.651. The van der Waals surface area contributed by atoms with Crippen LogP contribution in [0.3, 0.4) is 0 Å². The van der Waals surface area contributed by atoms with Gasteiger partial charge in [-0.15, -0.1) is 0 Å². The normalized spacial score (nSPS) is 9.88. The molecule has 5 heteroatoms. The van der Waals surface area contributed by atoms with E-state index in [9.17, 15) is 9.59 Å². The van der Waals surface area contributed by atoms with E-state index in [-0.39, 0.29) is 18.8 Å². The summed E-state index contributed by atoms with van der Waals surface area (Å²) in [5, 5.41) is 2.05. The first-order valence-electron chi connectivity index (χ1n) is 7.48. The number of carbonyl (C=O) groups excluding carboxylic acids is 2. The molecule has 24 heavy (non-hydrogen) atoms. The molecule has 0 aliphatic rings. The number of hydrogen-bond acceptors (Lipinski definition) is 4. The number of nitrogens with one attached hydrogen (secondary N) is 1. The third-order valence-electron chi connectivity index (χ3n) is 3.15. The van der Waals surface area contributed by atoms with E-state index in [1.807, 2.05) is 59.9 Å². The van der Waals surface area contributed by atoms with E-state index in [4.69, 9.17) is 9.47 Å². The zero-order valence-corrected chi connectivity index (χ0v) is 13.5. The Morgan fingerprint density at radius 1 is 0.958 bits per heavy atom. The molecule has 124 valence electrons. The zero-order chi connectivity index (χ0) is 17.4. The van der Waals surface area contributed by atoms with Crippen LogP contribution in [0.2, 0.25) is 0 Å². The van der Waals surface area contributed by atoms with Crippen molar-refractivity contribution in [3.8, 4) is 16.9 Å². The molecular formula is C19H19NO4. The third kappa shape index (κ3) is 5.28. The van der Waals surface area contributed by atoms with Gasteiger partial charge >= 0.3 is 6.09 Å². The van der Waals surface area contributed by atoms with E-state index < -0.39 is 12.0 Å². The minimum atomic E-state index is -0.814. The average Bonchev–Trinajstić information content (AvgIpc) is 2.60. The Kier molecular flexibility index (Phi) is 6.14. The van der Waals surface area contributed by atoms with Gasteiger partial charge in [0.2, 0.25) is 0 Å². The Labute approximate surface area is 140 Å². The lowest BCUT2D eigenvalue weighted by molar-refractivity contribution is -0.116. The lowest BCUT2D eigenvalue weighted by Crippen LogP contribution is -2.32. The fourth-order valence-corrected chi connectivity index (χ4v) is 1.90.